The number of H-pyrrole nitrogens is 1. The number of ether oxygens (including phenoxy) is 1. The molecule has 5 heterocycles. The molecule has 0 spiro atoms. The Morgan fingerprint density at radius 1 is 1.02 bits per heavy atom. The Balaban J connectivity index is 0.976. The number of nitrogens with zero attached hydrogens (tertiary/aromatic N) is 7. The van der Waals surface area contributed by atoms with Crippen LogP contribution in [0.15, 0.2) is 89.5 Å². The van der Waals surface area contributed by atoms with Crippen LogP contribution in [0.2, 0.25) is 5.02 Å². The van der Waals surface area contributed by atoms with Crippen LogP contribution in [0.1, 0.15) is 61.9 Å². The van der Waals surface area contributed by atoms with E-state index in [1.54, 1.807) is 18.3 Å². The second kappa shape index (κ2) is 17.4. The van der Waals surface area contributed by atoms with Gasteiger partial charge in [-0.15, -0.1) is 5.10 Å². The van der Waals surface area contributed by atoms with Gasteiger partial charge in [0.15, 0.2) is 0 Å². The molecule has 3 N–H and O–H groups in total. The topological polar surface area (TPSA) is 194 Å². The number of halogens is 1. The summed E-state index contributed by atoms with van der Waals surface area (Å²) < 4.78 is 36.7. The molecule has 2 saturated heterocycles. The lowest BCUT2D eigenvalue weighted by Gasteiger charge is -2.39. The van der Waals surface area contributed by atoms with E-state index in [0.29, 0.717) is 42.3 Å². The standard InChI is InChI=1S/C45H49ClN10O6S/c1-45(2)15-11-32(37(26-45)30-3-5-33(46)6-4-30)28-53-17-19-54(20-18-53)34-7-9-36(39(24-34)55-41-23-31-12-16-47-42(31)49-43(41)50-52-55)44(57)51-63(60,61)35-8-10-38(40(25-35)56(58)59)48-27-29-13-21-62-22-14-29/h3-10,12,16,23-25,29,48H,11,13-15,17-22,26-28H2,1-2H3,(H,47,49)(H,51,57). The maximum Gasteiger partial charge on any atom is 0.293 e. The van der Waals surface area contributed by atoms with Crippen LogP contribution < -0.4 is 14.9 Å². The molecular formula is C45H49ClN10O6S. The van der Waals surface area contributed by atoms with Crippen molar-refractivity contribution in [3.8, 4) is 5.69 Å². The number of anilines is 2. The molecule has 0 unspecified atom stereocenters. The van der Waals surface area contributed by atoms with Gasteiger partial charge in [0.05, 0.1) is 21.1 Å². The van der Waals surface area contributed by atoms with E-state index in [-0.39, 0.29) is 22.6 Å². The predicted molar refractivity (Wildman–Crippen MR) is 243 cm³/mol. The zero-order valence-electron chi connectivity index (χ0n) is 35.1. The molecule has 3 aromatic carbocycles. The number of nitro benzene ring substituents is 1. The zero-order chi connectivity index (χ0) is 43.9. The molecule has 3 aliphatic rings. The van der Waals surface area contributed by atoms with Gasteiger partial charge in [0.1, 0.15) is 16.9 Å². The molecule has 328 valence electrons. The molecule has 0 atom stereocenters. The highest BCUT2D eigenvalue weighted by Gasteiger charge is 2.31. The van der Waals surface area contributed by atoms with Crippen molar-refractivity contribution < 1.29 is 22.9 Å². The summed E-state index contributed by atoms with van der Waals surface area (Å²) in [5, 5.41) is 25.5. The van der Waals surface area contributed by atoms with Crippen LogP contribution in [-0.4, -0.2) is 102 Å². The molecule has 3 aromatic heterocycles. The Bertz CT molecular complexity index is 2840. The minimum Gasteiger partial charge on any atom is -0.381 e. The summed E-state index contributed by atoms with van der Waals surface area (Å²) in [5.41, 5.74) is 6.69. The first-order chi connectivity index (χ1) is 30.3. The molecule has 16 nitrogen and oxygen atoms in total. The summed E-state index contributed by atoms with van der Waals surface area (Å²) in [4.78, 5) is 37.7. The summed E-state index contributed by atoms with van der Waals surface area (Å²) in [5.74, 6) is -0.671. The van der Waals surface area contributed by atoms with Crippen molar-refractivity contribution in [2.24, 2.45) is 11.3 Å². The van der Waals surface area contributed by atoms with Crippen molar-refractivity contribution in [2.75, 3.05) is 62.7 Å². The molecule has 2 fully saturated rings. The van der Waals surface area contributed by atoms with Gasteiger partial charge in [-0.25, -0.2) is 22.8 Å². The van der Waals surface area contributed by atoms with Crippen molar-refractivity contribution in [2.45, 2.75) is 50.8 Å². The number of nitro groups is 1. The van der Waals surface area contributed by atoms with E-state index in [0.717, 1.165) is 87.0 Å². The number of hydrogen-bond acceptors (Lipinski definition) is 12. The van der Waals surface area contributed by atoms with E-state index in [1.165, 1.54) is 33.5 Å². The fourth-order valence-corrected chi connectivity index (χ4v) is 10.0. The third kappa shape index (κ3) is 9.14. The number of carbonyl (C=O) groups excluding carboxylic acids is 1. The third-order valence-corrected chi connectivity index (χ3v) is 14.1. The second-order valence-corrected chi connectivity index (χ2v) is 19.6. The van der Waals surface area contributed by atoms with Gasteiger partial charge in [-0.1, -0.05) is 48.4 Å². The average Bonchev–Trinajstić information content (AvgIpc) is 3.92. The van der Waals surface area contributed by atoms with Crippen LogP contribution in [0.5, 0.6) is 0 Å². The number of piperazine rings is 1. The number of sulfonamides is 1. The van der Waals surface area contributed by atoms with Gasteiger partial charge in [-0.2, -0.15) is 0 Å². The van der Waals surface area contributed by atoms with Crippen LogP contribution in [0.3, 0.4) is 0 Å². The number of fused-ring (bicyclic) bond motifs is 2. The van der Waals surface area contributed by atoms with Crippen LogP contribution in [-0.2, 0) is 14.8 Å². The average molecular weight is 893 g/mol. The number of allylic oxidation sites excluding steroid dienone is 1. The van der Waals surface area contributed by atoms with E-state index in [9.17, 15) is 23.3 Å². The summed E-state index contributed by atoms with van der Waals surface area (Å²) in [7, 11) is -4.58. The van der Waals surface area contributed by atoms with Crippen LogP contribution >= 0.6 is 11.6 Å². The highest BCUT2D eigenvalue weighted by molar-refractivity contribution is 7.90. The molecule has 2 aliphatic heterocycles. The highest BCUT2D eigenvalue weighted by atomic mass is 35.5. The maximum absolute atomic E-state index is 14.2. The monoisotopic (exact) mass is 892 g/mol. The lowest BCUT2D eigenvalue weighted by Crippen LogP contribution is -2.47. The number of amides is 1. The number of aromatic nitrogens is 5. The minimum absolute atomic E-state index is 0.00747. The Morgan fingerprint density at radius 3 is 2.56 bits per heavy atom. The van der Waals surface area contributed by atoms with E-state index in [2.05, 4.69) is 66.1 Å². The Hall–Kier alpha value is -5.88. The number of rotatable bonds is 12. The third-order valence-electron chi connectivity index (χ3n) is 12.6. The van der Waals surface area contributed by atoms with Gasteiger partial charge in [0, 0.05) is 80.8 Å². The SMILES string of the molecule is CC1(C)CCC(CN2CCN(c3ccc(C(=O)NS(=O)(=O)c4ccc(NCC5CCOCC5)c([N+](=O)[O-])c4)c(-n4nnc5nc6[nH]ccc6cc54)c3)CC2)=C(c2ccc(Cl)cc2)C1. The van der Waals surface area contributed by atoms with Crippen LogP contribution in [0.25, 0.3) is 33.5 Å². The quantitative estimate of drug-likeness (QED) is 0.0806. The normalized spacial score (nSPS) is 17.7. The molecule has 0 saturated carbocycles. The zero-order valence-corrected chi connectivity index (χ0v) is 36.7. The Kier molecular flexibility index (Phi) is 11.7. The Labute approximate surface area is 369 Å². The predicted octanol–water partition coefficient (Wildman–Crippen LogP) is 7.60. The summed E-state index contributed by atoms with van der Waals surface area (Å²) in [6.45, 7) is 10.3. The molecule has 9 rings (SSSR count). The van der Waals surface area contributed by atoms with Crippen LogP contribution in [0, 0.1) is 21.4 Å². The van der Waals surface area contributed by atoms with Gasteiger partial charge in [-0.3, -0.25) is 19.8 Å². The molecule has 0 bridgehead atoms. The van der Waals surface area contributed by atoms with Crippen molar-refractivity contribution in [3.63, 3.8) is 0 Å². The first-order valence-corrected chi connectivity index (χ1v) is 23.1. The van der Waals surface area contributed by atoms with Gasteiger partial charge in [0.25, 0.3) is 21.6 Å². The van der Waals surface area contributed by atoms with E-state index in [1.807, 2.05) is 30.3 Å². The summed E-state index contributed by atoms with van der Waals surface area (Å²) in [6, 6.07) is 20.7. The largest absolute Gasteiger partial charge is 0.381 e. The van der Waals surface area contributed by atoms with Gasteiger partial charge < -0.3 is 19.9 Å². The van der Waals surface area contributed by atoms with E-state index >= 15 is 0 Å². The van der Waals surface area contributed by atoms with E-state index < -0.39 is 31.4 Å². The fourth-order valence-electron chi connectivity index (χ4n) is 8.91. The fraction of sp³-hybridized carbons (Fsp3) is 0.378. The number of pyridine rings is 1. The molecule has 1 amide bonds. The van der Waals surface area contributed by atoms with Gasteiger partial charge >= 0.3 is 0 Å². The minimum atomic E-state index is -4.58. The molecular weight excluding hydrogens is 844 g/mol. The first-order valence-electron chi connectivity index (χ1n) is 21.3. The molecule has 0 radical (unpaired) electrons. The summed E-state index contributed by atoms with van der Waals surface area (Å²) >= 11 is 6.25. The molecule has 1 aliphatic carbocycles. The smallest absolute Gasteiger partial charge is 0.293 e. The number of nitrogens with one attached hydrogen (secondary N) is 3. The second-order valence-electron chi connectivity index (χ2n) is 17.4. The Morgan fingerprint density at radius 2 is 1.79 bits per heavy atom. The maximum atomic E-state index is 14.2. The summed E-state index contributed by atoms with van der Waals surface area (Å²) in [6.07, 6.45) is 6.59. The lowest BCUT2D eigenvalue weighted by molar-refractivity contribution is -0.384. The number of benzene rings is 3. The number of hydrogen-bond donors (Lipinski definition) is 3. The molecule has 6 aromatic rings. The van der Waals surface area contributed by atoms with E-state index in [4.69, 9.17) is 16.3 Å². The van der Waals surface area contributed by atoms with Gasteiger partial charge in [-0.05, 0) is 109 Å². The molecule has 18 heteroatoms. The highest BCUT2D eigenvalue weighted by Crippen LogP contribution is 2.43. The van der Waals surface area contributed by atoms with Crippen molar-refractivity contribution in [1.29, 1.82) is 0 Å². The lowest BCUT2D eigenvalue weighted by atomic mass is 9.72. The first kappa shape index (κ1) is 42.4. The van der Waals surface area contributed by atoms with Crippen molar-refractivity contribution >= 4 is 72.4 Å². The number of carbonyl (C=O) groups is 1. The van der Waals surface area contributed by atoms with Crippen molar-refractivity contribution in [3.05, 3.63) is 111 Å². The number of aromatic amines is 1. The van der Waals surface area contributed by atoms with Gasteiger partial charge in [0.2, 0.25) is 5.65 Å². The van der Waals surface area contributed by atoms with Crippen LogP contribution in [0.4, 0.5) is 17.1 Å². The molecule has 63 heavy (non-hydrogen) atoms. The van der Waals surface area contributed by atoms with Crippen molar-refractivity contribution in [1.82, 2.24) is 34.6 Å².